The molecule has 0 fully saturated rings. The highest BCUT2D eigenvalue weighted by molar-refractivity contribution is 5.86. The second-order valence-electron chi connectivity index (χ2n) is 8.47. The normalized spacial score (nSPS) is 11.0. The molecule has 0 aliphatic rings. The molecule has 0 unspecified atom stereocenters. The van der Waals surface area contributed by atoms with Crippen molar-refractivity contribution in [2.45, 2.75) is 77.7 Å². The lowest BCUT2D eigenvalue weighted by atomic mass is 10.1. The quantitative estimate of drug-likeness (QED) is 0.233. The van der Waals surface area contributed by atoms with Crippen LogP contribution >= 0.6 is 0 Å². The Bertz CT molecular complexity index is 956. The number of aliphatic carboxylic acids is 1. The number of carbonyl (C=O) groups is 2. The Hall–Kier alpha value is -3.35. The molecule has 0 aliphatic heterocycles. The third-order valence-corrected chi connectivity index (χ3v) is 5.53. The highest BCUT2D eigenvalue weighted by Gasteiger charge is 2.07. The Morgan fingerprint density at radius 1 is 0.886 bits per heavy atom. The molecule has 0 radical (unpaired) electrons. The number of aromatic nitrogens is 1. The number of hydrogen-bond acceptors (Lipinski definition) is 7. The SMILES string of the molecule is CCCCCCCCCCCCOc1ccc(COc2cccc(C(=O)[O-])c2)nc1/C=C/C(=O)[O-]. The predicted molar refractivity (Wildman–Crippen MR) is 131 cm³/mol. The summed E-state index contributed by atoms with van der Waals surface area (Å²) >= 11 is 0. The van der Waals surface area contributed by atoms with Gasteiger partial charge in [0, 0.05) is 5.56 Å². The van der Waals surface area contributed by atoms with Crippen LogP contribution in [0.2, 0.25) is 0 Å². The Kier molecular flexibility index (Phi) is 13.0. The smallest absolute Gasteiger partial charge is 0.144 e. The molecule has 0 bridgehead atoms. The van der Waals surface area contributed by atoms with Crippen LogP contribution in [0.4, 0.5) is 0 Å². The number of hydrogen-bond donors (Lipinski definition) is 0. The molecule has 1 aromatic carbocycles. The fourth-order valence-electron chi connectivity index (χ4n) is 3.61. The molecule has 0 atom stereocenters. The lowest BCUT2D eigenvalue weighted by Crippen LogP contribution is -2.22. The summed E-state index contributed by atoms with van der Waals surface area (Å²) in [5, 5.41) is 21.9. The second kappa shape index (κ2) is 16.3. The van der Waals surface area contributed by atoms with E-state index in [9.17, 15) is 19.8 Å². The number of benzene rings is 1. The van der Waals surface area contributed by atoms with Crippen LogP contribution in [-0.2, 0) is 11.4 Å². The number of carboxylic acids is 2. The highest BCUT2D eigenvalue weighted by atomic mass is 16.5. The van der Waals surface area contributed by atoms with Crippen molar-refractivity contribution in [3.63, 3.8) is 0 Å². The van der Waals surface area contributed by atoms with Gasteiger partial charge in [0.1, 0.15) is 23.8 Å². The molecule has 2 rings (SSSR count). The summed E-state index contributed by atoms with van der Waals surface area (Å²) in [5.41, 5.74) is 0.919. The van der Waals surface area contributed by atoms with E-state index in [1.54, 1.807) is 24.3 Å². The molecule has 0 saturated heterocycles. The molecule has 190 valence electrons. The minimum Gasteiger partial charge on any atom is -0.545 e. The molecule has 0 amide bonds. The number of unbranched alkanes of at least 4 members (excludes halogenated alkanes) is 9. The van der Waals surface area contributed by atoms with Gasteiger partial charge < -0.3 is 29.3 Å². The fraction of sp³-hybridized carbons (Fsp3) is 0.464. The van der Waals surface area contributed by atoms with Crippen molar-refractivity contribution < 1.29 is 29.3 Å². The minimum atomic E-state index is -1.33. The lowest BCUT2D eigenvalue weighted by molar-refractivity contribution is -0.297. The van der Waals surface area contributed by atoms with E-state index in [-0.39, 0.29) is 12.2 Å². The summed E-state index contributed by atoms with van der Waals surface area (Å²) in [5.74, 6) is -1.76. The van der Waals surface area contributed by atoms with Crippen LogP contribution < -0.4 is 19.7 Å². The van der Waals surface area contributed by atoms with E-state index in [2.05, 4.69) is 11.9 Å². The van der Waals surface area contributed by atoms with Crippen LogP contribution in [-0.4, -0.2) is 23.5 Å². The first kappa shape index (κ1) is 27.9. The zero-order valence-electron chi connectivity index (χ0n) is 20.5. The van der Waals surface area contributed by atoms with Crippen LogP contribution in [0.15, 0.2) is 42.5 Å². The summed E-state index contributed by atoms with van der Waals surface area (Å²) in [6.45, 7) is 2.82. The topological polar surface area (TPSA) is 112 Å². The summed E-state index contributed by atoms with van der Waals surface area (Å²) in [6.07, 6.45) is 14.6. The van der Waals surface area contributed by atoms with Gasteiger partial charge in [0.05, 0.1) is 24.2 Å². The van der Waals surface area contributed by atoms with Crippen molar-refractivity contribution >= 4 is 18.0 Å². The molecule has 0 aliphatic carbocycles. The predicted octanol–water partition coefficient (Wildman–Crippen LogP) is 4.09. The third-order valence-electron chi connectivity index (χ3n) is 5.53. The van der Waals surface area contributed by atoms with E-state index >= 15 is 0 Å². The van der Waals surface area contributed by atoms with E-state index in [4.69, 9.17) is 9.47 Å². The lowest BCUT2D eigenvalue weighted by Gasteiger charge is -2.12. The molecule has 1 heterocycles. The zero-order chi connectivity index (χ0) is 25.3. The minimum absolute atomic E-state index is 0.0174. The van der Waals surface area contributed by atoms with Gasteiger partial charge in [-0.3, -0.25) is 0 Å². The van der Waals surface area contributed by atoms with Gasteiger partial charge in [-0.2, -0.15) is 0 Å². The average molecular weight is 482 g/mol. The average Bonchev–Trinajstić information content (AvgIpc) is 2.85. The van der Waals surface area contributed by atoms with Crippen molar-refractivity contribution in [1.29, 1.82) is 0 Å². The van der Waals surface area contributed by atoms with Crippen LogP contribution in [0, 0.1) is 0 Å². The van der Waals surface area contributed by atoms with E-state index in [0.717, 1.165) is 18.9 Å². The van der Waals surface area contributed by atoms with E-state index < -0.39 is 11.9 Å². The molecule has 35 heavy (non-hydrogen) atoms. The molecule has 7 nitrogen and oxygen atoms in total. The summed E-state index contributed by atoms with van der Waals surface area (Å²) in [7, 11) is 0. The Morgan fingerprint density at radius 2 is 1.57 bits per heavy atom. The monoisotopic (exact) mass is 481 g/mol. The number of rotatable bonds is 18. The molecule has 0 spiro atoms. The van der Waals surface area contributed by atoms with Gasteiger partial charge in [0.2, 0.25) is 0 Å². The number of pyridine rings is 1. The van der Waals surface area contributed by atoms with Crippen molar-refractivity contribution in [1.82, 2.24) is 4.98 Å². The Morgan fingerprint density at radius 3 is 2.23 bits per heavy atom. The fourth-order valence-corrected chi connectivity index (χ4v) is 3.61. The maximum absolute atomic E-state index is 11.0. The number of carbonyl (C=O) groups excluding carboxylic acids is 2. The van der Waals surface area contributed by atoms with Gasteiger partial charge >= 0.3 is 0 Å². The van der Waals surface area contributed by atoms with Gasteiger partial charge in [-0.1, -0.05) is 76.8 Å². The number of aromatic carboxylic acids is 1. The van der Waals surface area contributed by atoms with Crippen molar-refractivity contribution in [3.05, 3.63) is 59.4 Å². The van der Waals surface area contributed by atoms with E-state index in [0.29, 0.717) is 29.5 Å². The van der Waals surface area contributed by atoms with E-state index in [1.165, 1.54) is 69.6 Å². The molecular formula is C28H35NO6-2. The van der Waals surface area contributed by atoms with Gasteiger partial charge in [-0.15, -0.1) is 0 Å². The first-order valence-corrected chi connectivity index (χ1v) is 12.5. The highest BCUT2D eigenvalue weighted by Crippen LogP contribution is 2.21. The Labute approximate surface area is 207 Å². The largest absolute Gasteiger partial charge is 0.545 e. The standard InChI is InChI=1S/C28H37NO6/c1-2-3-4-5-6-7-8-9-10-11-19-34-26-17-15-23(29-25(26)16-18-27(30)31)21-35-24-14-12-13-22(20-24)28(32)33/h12-18,20H,2-11,19,21H2,1H3,(H,30,31)(H,32,33)/p-2/b18-16+. The van der Waals surface area contributed by atoms with E-state index in [1.807, 2.05) is 0 Å². The third kappa shape index (κ3) is 11.6. The number of nitrogens with zero attached hydrogens (tertiary/aromatic N) is 1. The molecule has 7 heteroatoms. The number of carboxylic acid groups (broad SMARTS) is 2. The van der Waals surface area contributed by atoms with Crippen LogP contribution in [0.5, 0.6) is 11.5 Å². The Balaban J connectivity index is 1.83. The van der Waals surface area contributed by atoms with Crippen LogP contribution in [0.25, 0.3) is 6.08 Å². The van der Waals surface area contributed by atoms with Gasteiger partial charge in [0.25, 0.3) is 0 Å². The molecule has 0 saturated carbocycles. The maximum Gasteiger partial charge on any atom is 0.144 e. The van der Waals surface area contributed by atoms with Crippen molar-refractivity contribution in [2.75, 3.05) is 6.61 Å². The maximum atomic E-state index is 11.0. The van der Waals surface area contributed by atoms with Crippen molar-refractivity contribution in [3.8, 4) is 11.5 Å². The summed E-state index contributed by atoms with van der Waals surface area (Å²) in [4.78, 5) is 26.3. The second-order valence-corrected chi connectivity index (χ2v) is 8.47. The van der Waals surface area contributed by atoms with Crippen LogP contribution in [0.1, 0.15) is 92.9 Å². The molecule has 1 aromatic heterocycles. The van der Waals surface area contributed by atoms with Gasteiger partial charge in [-0.05, 0) is 42.8 Å². The molecule has 0 N–H and O–H groups in total. The zero-order valence-corrected chi connectivity index (χ0v) is 20.5. The van der Waals surface area contributed by atoms with Gasteiger partial charge in [0.15, 0.2) is 0 Å². The first-order valence-electron chi connectivity index (χ1n) is 12.5. The van der Waals surface area contributed by atoms with Gasteiger partial charge in [-0.25, -0.2) is 4.98 Å². The molecular weight excluding hydrogens is 446 g/mol. The van der Waals surface area contributed by atoms with Crippen LogP contribution in [0.3, 0.4) is 0 Å². The summed E-state index contributed by atoms with van der Waals surface area (Å²) < 4.78 is 11.5. The first-order chi connectivity index (χ1) is 17.0. The molecule has 2 aromatic rings. The number of ether oxygens (including phenoxy) is 2. The summed E-state index contributed by atoms with van der Waals surface area (Å²) in [6, 6.07) is 9.45. The van der Waals surface area contributed by atoms with Crippen molar-refractivity contribution in [2.24, 2.45) is 0 Å².